The fourth-order valence-corrected chi connectivity index (χ4v) is 10.4. The van der Waals surface area contributed by atoms with Gasteiger partial charge in [-0.3, -0.25) is 14.4 Å². The fraction of sp³-hybridized carbons (Fsp3) is 0.478. The molecule has 1 aliphatic carbocycles. The van der Waals surface area contributed by atoms with E-state index >= 15 is 0 Å². The molecule has 1 aliphatic heterocycles. The Morgan fingerprint density at radius 2 is 1.77 bits per heavy atom. The number of esters is 1. The van der Waals surface area contributed by atoms with E-state index in [-0.39, 0.29) is 66.6 Å². The molecular formula is C46H58ClN5O10S2. The number of hydrogen-bond donors (Lipinski definition) is 6. The van der Waals surface area contributed by atoms with Gasteiger partial charge in [0.15, 0.2) is 12.0 Å². The molecular weight excluding hydrogens is 882 g/mol. The zero-order valence-corrected chi connectivity index (χ0v) is 38.8. The molecule has 18 heteroatoms. The number of unbranched alkanes of at least 4 members (excludes halogenated alkanes) is 1. The number of phenols is 1. The molecule has 1 saturated heterocycles. The maximum absolute atomic E-state index is 13.4. The van der Waals surface area contributed by atoms with Crippen molar-refractivity contribution in [2.45, 2.75) is 75.7 Å². The minimum atomic E-state index is -1.80. The van der Waals surface area contributed by atoms with Crippen molar-refractivity contribution in [3.63, 3.8) is 0 Å². The molecule has 1 spiro atoms. The molecule has 2 aromatic carbocycles. The van der Waals surface area contributed by atoms with Gasteiger partial charge in [-0.05, 0) is 98.1 Å². The van der Waals surface area contributed by atoms with Gasteiger partial charge in [-0.1, -0.05) is 23.7 Å². The van der Waals surface area contributed by atoms with Crippen molar-refractivity contribution < 1.29 is 48.7 Å². The molecule has 15 nitrogen and oxygen atoms in total. The highest BCUT2D eigenvalue weighted by molar-refractivity contribution is 7.12. The van der Waals surface area contributed by atoms with Gasteiger partial charge in [-0.2, -0.15) is 0 Å². The van der Waals surface area contributed by atoms with E-state index in [1.165, 1.54) is 41.9 Å². The van der Waals surface area contributed by atoms with Gasteiger partial charge < -0.3 is 55.3 Å². The molecule has 1 atom stereocenters. The Kier molecular flexibility index (Phi) is 17.1. The van der Waals surface area contributed by atoms with E-state index in [0.29, 0.717) is 76.0 Å². The molecule has 4 aromatic rings. The molecule has 64 heavy (non-hydrogen) atoms. The first kappa shape index (κ1) is 48.7. The molecule has 6 N–H and O–H groups in total. The number of nitrogens with zero attached hydrogens (tertiary/aromatic N) is 2. The number of nitrogens with one attached hydrogen (secondary N) is 3. The number of phenolic OH excluding ortho intramolecular Hbond substituents is 1. The second-order valence-electron chi connectivity index (χ2n) is 16.4. The van der Waals surface area contributed by atoms with Crippen LogP contribution in [0.3, 0.4) is 0 Å². The number of aromatic hydroxyl groups is 1. The molecule has 1 unspecified atom stereocenters. The number of piperidine rings is 1. The topological polar surface area (TPSA) is 199 Å². The number of aldehydes is 1. The van der Waals surface area contributed by atoms with Crippen LogP contribution in [-0.4, -0.2) is 116 Å². The number of hydrogen-bond acceptors (Lipinski definition) is 15. The fourth-order valence-electron chi connectivity index (χ4n) is 8.43. The zero-order chi connectivity index (χ0) is 45.9. The predicted molar refractivity (Wildman–Crippen MR) is 247 cm³/mol. The standard InChI is InChI=1S/C46H58ClN5O10S2/c1-48-42-35(54)12-11-32(43(42)61-21-20-53)36(55)29-49-28-30-24-33(47)34(25-37(30)60-3)50-40(56)10-4-5-16-51(2)41(57)13-17-52-18-14-45(15-19-52)26-31(27-45)62-44(58)46(59,38-8-6-22-63-38)39-9-7-23-64-39/h6-9,11-12,20,22-25,31,36,48-49,54-55,59H,4-5,10,13-19,21,26-29H2,1-3H3,(H,50,56). The Balaban J connectivity index is 0.862. The van der Waals surface area contributed by atoms with Gasteiger partial charge in [0, 0.05) is 70.3 Å². The number of aliphatic hydroxyl groups excluding tert-OH is 1. The van der Waals surface area contributed by atoms with Gasteiger partial charge in [-0.15, -0.1) is 22.7 Å². The van der Waals surface area contributed by atoms with E-state index in [1.54, 1.807) is 43.3 Å². The lowest BCUT2D eigenvalue weighted by atomic mass is 9.61. The summed E-state index contributed by atoms with van der Waals surface area (Å²) in [7, 11) is 4.89. The molecule has 2 fully saturated rings. The number of aliphatic hydroxyl groups is 2. The molecule has 0 bridgehead atoms. The van der Waals surface area contributed by atoms with Crippen molar-refractivity contribution in [2.75, 3.05) is 71.2 Å². The number of amides is 2. The molecule has 346 valence electrons. The van der Waals surface area contributed by atoms with Crippen LogP contribution in [0.25, 0.3) is 0 Å². The second kappa shape index (κ2) is 22.4. The third-order valence-corrected chi connectivity index (χ3v) is 14.4. The quantitative estimate of drug-likeness (QED) is 0.0210. The van der Waals surface area contributed by atoms with Crippen LogP contribution >= 0.6 is 34.3 Å². The number of likely N-dealkylation sites (tertiary alicyclic amines) is 1. The number of anilines is 2. The predicted octanol–water partition coefficient (Wildman–Crippen LogP) is 6.30. The molecule has 2 aliphatic rings. The van der Waals surface area contributed by atoms with Crippen LogP contribution < -0.4 is 25.4 Å². The lowest BCUT2D eigenvalue weighted by Gasteiger charge is -2.51. The average Bonchev–Trinajstić information content (AvgIpc) is 4.04. The number of carbonyl (C=O) groups excluding carboxylic acids is 4. The summed E-state index contributed by atoms with van der Waals surface area (Å²) in [6.45, 7) is 3.07. The maximum Gasteiger partial charge on any atom is 0.349 e. The van der Waals surface area contributed by atoms with Crippen LogP contribution in [0.1, 0.15) is 78.4 Å². The summed E-state index contributed by atoms with van der Waals surface area (Å²) in [6, 6.07) is 13.4. The molecule has 2 amide bonds. The van der Waals surface area contributed by atoms with E-state index in [1.807, 2.05) is 22.9 Å². The lowest BCUT2D eigenvalue weighted by molar-refractivity contribution is -0.181. The highest BCUT2D eigenvalue weighted by Gasteiger charge is 2.51. The van der Waals surface area contributed by atoms with Gasteiger partial charge in [0.1, 0.15) is 29.9 Å². The largest absolute Gasteiger partial charge is 0.506 e. The van der Waals surface area contributed by atoms with E-state index in [9.17, 15) is 34.5 Å². The summed E-state index contributed by atoms with van der Waals surface area (Å²) in [6.07, 6.45) is 4.71. The summed E-state index contributed by atoms with van der Waals surface area (Å²) in [5.41, 5.74) is 0.0528. The third kappa shape index (κ3) is 11.7. The van der Waals surface area contributed by atoms with E-state index in [4.69, 9.17) is 25.8 Å². The van der Waals surface area contributed by atoms with E-state index in [0.717, 1.165) is 38.8 Å². The number of methoxy groups -OCH3 is 1. The van der Waals surface area contributed by atoms with Crippen molar-refractivity contribution in [3.8, 4) is 17.2 Å². The lowest BCUT2D eigenvalue weighted by Crippen LogP contribution is -2.52. The Labute approximate surface area is 386 Å². The number of halogens is 1. The summed E-state index contributed by atoms with van der Waals surface area (Å²) < 4.78 is 17.0. The van der Waals surface area contributed by atoms with Crippen LogP contribution in [0, 0.1) is 5.41 Å². The molecule has 3 heterocycles. The summed E-state index contributed by atoms with van der Waals surface area (Å²) in [5, 5.41) is 45.6. The van der Waals surface area contributed by atoms with E-state index < -0.39 is 17.7 Å². The van der Waals surface area contributed by atoms with Gasteiger partial charge in [0.2, 0.25) is 17.4 Å². The maximum atomic E-state index is 13.4. The van der Waals surface area contributed by atoms with Gasteiger partial charge in [-0.25, -0.2) is 4.79 Å². The Hall–Kier alpha value is -4.75. The number of rotatable bonds is 23. The smallest absolute Gasteiger partial charge is 0.349 e. The van der Waals surface area contributed by atoms with Crippen molar-refractivity contribution in [1.29, 1.82) is 0 Å². The minimum Gasteiger partial charge on any atom is -0.506 e. The second-order valence-corrected chi connectivity index (χ2v) is 18.7. The molecule has 1 saturated carbocycles. The van der Waals surface area contributed by atoms with Crippen LogP contribution in [-0.2, 0) is 36.1 Å². The monoisotopic (exact) mass is 939 g/mol. The number of thiophene rings is 2. The van der Waals surface area contributed by atoms with Crippen LogP contribution in [0.5, 0.6) is 17.2 Å². The third-order valence-electron chi connectivity index (χ3n) is 12.1. The van der Waals surface area contributed by atoms with Crippen molar-refractivity contribution in [2.24, 2.45) is 5.41 Å². The average molecular weight is 941 g/mol. The van der Waals surface area contributed by atoms with E-state index in [2.05, 4.69) is 20.9 Å². The Morgan fingerprint density at radius 1 is 1.06 bits per heavy atom. The van der Waals surface area contributed by atoms with Crippen molar-refractivity contribution in [3.05, 3.63) is 85.2 Å². The Morgan fingerprint density at radius 3 is 2.39 bits per heavy atom. The molecule has 0 radical (unpaired) electrons. The number of ether oxygens (including phenoxy) is 3. The van der Waals surface area contributed by atoms with Crippen molar-refractivity contribution in [1.82, 2.24) is 15.1 Å². The highest BCUT2D eigenvalue weighted by atomic mass is 35.5. The zero-order valence-electron chi connectivity index (χ0n) is 36.4. The SMILES string of the molecule is CNc1c(O)ccc(C(O)CNCc2cc(Cl)c(NC(=O)CCCCN(C)C(=O)CCN3CCC4(CC3)CC(OC(=O)C(O)(c3cccs3)c3cccs3)C4)cc2OC)c1OCC=O. The van der Waals surface area contributed by atoms with Crippen LogP contribution in [0.2, 0.25) is 5.02 Å². The normalized spacial score (nSPS) is 15.5. The number of benzene rings is 2. The first-order valence-corrected chi connectivity index (χ1v) is 23.6. The minimum absolute atomic E-state index is 0.0592. The van der Waals surface area contributed by atoms with Crippen molar-refractivity contribution >= 4 is 69.7 Å². The highest BCUT2D eigenvalue weighted by Crippen LogP contribution is 2.51. The molecule has 2 aromatic heterocycles. The van der Waals surface area contributed by atoms with Gasteiger partial charge in [0.25, 0.3) is 0 Å². The summed E-state index contributed by atoms with van der Waals surface area (Å²) in [4.78, 5) is 55.4. The van der Waals surface area contributed by atoms with Crippen LogP contribution in [0.15, 0.2) is 59.3 Å². The summed E-state index contributed by atoms with van der Waals surface area (Å²) in [5.74, 6) is -0.206. The Bertz CT molecular complexity index is 2160. The van der Waals surface area contributed by atoms with Crippen LogP contribution in [0.4, 0.5) is 11.4 Å². The number of carbonyl (C=O) groups is 4. The summed E-state index contributed by atoms with van der Waals surface area (Å²) >= 11 is 9.25. The van der Waals surface area contributed by atoms with Gasteiger partial charge >= 0.3 is 5.97 Å². The van der Waals surface area contributed by atoms with Gasteiger partial charge in [0.05, 0.1) is 33.7 Å². The first-order valence-electron chi connectivity index (χ1n) is 21.4. The first-order chi connectivity index (χ1) is 30.8. The molecule has 6 rings (SSSR count).